The molecule has 2 aromatic carbocycles. The topological polar surface area (TPSA) is 86.1 Å². The number of anilines is 1. The summed E-state index contributed by atoms with van der Waals surface area (Å²) in [4.78, 5) is 35.4. The molecule has 2 aromatic heterocycles. The van der Waals surface area contributed by atoms with Crippen LogP contribution in [0.4, 0.5) is 10.1 Å². The van der Waals surface area contributed by atoms with Crippen LogP contribution in [0.15, 0.2) is 71.9 Å². The SMILES string of the molecule is COc1ccc(Cl)cc1-c1cc(=O)n(C2CCCC(C)C(=O)Nc3ccc(F)cc3-c3ccnc2c3)cn1. The summed E-state index contributed by atoms with van der Waals surface area (Å²) >= 11 is 6.18. The molecule has 5 rings (SSSR count). The van der Waals surface area contributed by atoms with E-state index in [1.165, 1.54) is 24.5 Å². The molecule has 7 nitrogen and oxygen atoms in total. The lowest BCUT2D eigenvalue weighted by atomic mass is 9.95. The number of aromatic nitrogens is 3. The molecule has 9 heteroatoms. The van der Waals surface area contributed by atoms with Crippen LogP contribution in [0.3, 0.4) is 0 Å². The number of benzene rings is 2. The van der Waals surface area contributed by atoms with Gasteiger partial charge in [0, 0.05) is 40.0 Å². The van der Waals surface area contributed by atoms with Crippen LogP contribution in [0.1, 0.15) is 37.9 Å². The molecule has 1 aliphatic heterocycles. The zero-order valence-corrected chi connectivity index (χ0v) is 21.7. The van der Waals surface area contributed by atoms with E-state index < -0.39 is 11.9 Å². The average Bonchev–Trinajstić information content (AvgIpc) is 2.91. The van der Waals surface area contributed by atoms with Gasteiger partial charge in [-0.25, -0.2) is 9.37 Å². The molecule has 1 amide bonds. The molecule has 3 heterocycles. The largest absolute Gasteiger partial charge is 0.496 e. The number of methoxy groups -OCH3 is 1. The Morgan fingerprint density at radius 1 is 1.03 bits per heavy atom. The Bertz CT molecular complexity index is 1570. The van der Waals surface area contributed by atoms with Gasteiger partial charge < -0.3 is 10.1 Å². The Kier molecular flexibility index (Phi) is 7.24. The first-order chi connectivity index (χ1) is 18.3. The maximum atomic E-state index is 14.2. The van der Waals surface area contributed by atoms with E-state index >= 15 is 0 Å². The van der Waals surface area contributed by atoms with Gasteiger partial charge in [-0.1, -0.05) is 24.9 Å². The molecule has 0 fully saturated rings. The number of nitrogens with zero attached hydrogens (tertiary/aromatic N) is 3. The van der Waals surface area contributed by atoms with Crippen LogP contribution in [-0.4, -0.2) is 27.6 Å². The third kappa shape index (κ3) is 5.17. The molecule has 2 atom stereocenters. The van der Waals surface area contributed by atoms with Gasteiger partial charge in [-0.3, -0.25) is 19.1 Å². The van der Waals surface area contributed by atoms with Crippen molar-refractivity contribution in [2.24, 2.45) is 5.92 Å². The summed E-state index contributed by atoms with van der Waals surface area (Å²) in [6.07, 6.45) is 4.99. The fourth-order valence-electron chi connectivity index (χ4n) is 4.77. The summed E-state index contributed by atoms with van der Waals surface area (Å²) in [7, 11) is 1.54. The predicted octanol–water partition coefficient (Wildman–Crippen LogP) is 6.12. The molecular formula is C29H26ClFN4O3. The minimum absolute atomic E-state index is 0.136. The number of rotatable bonds is 3. The van der Waals surface area contributed by atoms with Gasteiger partial charge in [0.1, 0.15) is 11.6 Å². The molecule has 1 aliphatic rings. The number of hydrogen-bond acceptors (Lipinski definition) is 5. The Labute approximate surface area is 224 Å². The first-order valence-electron chi connectivity index (χ1n) is 12.3. The Morgan fingerprint density at radius 3 is 2.66 bits per heavy atom. The van der Waals surface area contributed by atoms with Gasteiger partial charge >= 0.3 is 0 Å². The third-order valence-corrected chi connectivity index (χ3v) is 7.08. The number of fused-ring (bicyclic) bond motifs is 4. The predicted molar refractivity (Wildman–Crippen MR) is 145 cm³/mol. The smallest absolute Gasteiger partial charge is 0.254 e. The van der Waals surface area contributed by atoms with Crippen molar-refractivity contribution < 1.29 is 13.9 Å². The zero-order valence-electron chi connectivity index (χ0n) is 20.9. The van der Waals surface area contributed by atoms with Crippen molar-refractivity contribution in [3.63, 3.8) is 0 Å². The van der Waals surface area contributed by atoms with E-state index in [-0.39, 0.29) is 17.4 Å². The van der Waals surface area contributed by atoms with E-state index in [0.29, 0.717) is 63.8 Å². The van der Waals surface area contributed by atoms with Crippen LogP contribution in [0, 0.1) is 11.7 Å². The van der Waals surface area contributed by atoms with Gasteiger partial charge in [-0.15, -0.1) is 0 Å². The molecule has 1 N–H and O–H groups in total. The van der Waals surface area contributed by atoms with Crippen molar-refractivity contribution in [1.82, 2.24) is 14.5 Å². The van der Waals surface area contributed by atoms with E-state index in [1.807, 2.05) is 13.0 Å². The van der Waals surface area contributed by atoms with E-state index in [1.54, 1.807) is 48.2 Å². The van der Waals surface area contributed by atoms with Gasteiger partial charge in [0.25, 0.3) is 5.56 Å². The first kappa shape index (κ1) is 25.6. The van der Waals surface area contributed by atoms with E-state index in [4.69, 9.17) is 16.3 Å². The highest BCUT2D eigenvalue weighted by molar-refractivity contribution is 6.31. The van der Waals surface area contributed by atoms with E-state index in [0.717, 1.165) is 0 Å². The van der Waals surface area contributed by atoms with Gasteiger partial charge in [-0.2, -0.15) is 0 Å². The minimum atomic E-state index is -0.433. The number of hydrogen-bond donors (Lipinski definition) is 1. The standard InChI is InChI=1S/C29H26ClFN4O3/c1-17-4-3-5-26(35-16-33-24(15-28(35)36)22-13-19(30)6-9-27(22)38-2)25-12-18(10-11-32-25)21-14-20(31)7-8-23(21)34-29(17)37/h6-17,26H,3-5H2,1-2H3,(H,34,37). The van der Waals surface area contributed by atoms with Crippen LogP contribution in [0.5, 0.6) is 5.75 Å². The molecule has 0 saturated heterocycles. The molecule has 4 aromatic rings. The second kappa shape index (κ2) is 10.8. The number of amides is 1. The van der Waals surface area contributed by atoms with E-state index in [2.05, 4.69) is 15.3 Å². The summed E-state index contributed by atoms with van der Waals surface area (Å²) in [5, 5.41) is 3.44. The molecular weight excluding hydrogens is 507 g/mol. The lowest BCUT2D eigenvalue weighted by molar-refractivity contribution is -0.119. The van der Waals surface area contributed by atoms with Gasteiger partial charge in [0.2, 0.25) is 5.91 Å². The van der Waals surface area contributed by atoms with Crippen LogP contribution in [0.25, 0.3) is 22.4 Å². The number of pyridine rings is 1. The minimum Gasteiger partial charge on any atom is -0.496 e. The number of carbonyl (C=O) groups excluding carboxylic acids is 1. The molecule has 0 aliphatic carbocycles. The fourth-order valence-corrected chi connectivity index (χ4v) is 4.94. The Morgan fingerprint density at radius 2 is 1.87 bits per heavy atom. The highest BCUT2D eigenvalue weighted by Crippen LogP contribution is 2.34. The third-order valence-electron chi connectivity index (χ3n) is 6.84. The summed E-state index contributed by atoms with van der Waals surface area (Å²) in [6.45, 7) is 1.86. The number of carbonyl (C=O) groups is 1. The van der Waals surface area contributed by atoms with E-state index in [9.17, 15) is 14.0 Å². The fraction of sp³-hybridized carbons (Fsp3) is 0.241. The molecule has 38 heavy (non-hydrogen) atoms. The van der Waals surface area contributed by atoms with Crippen molar-refractivity contribution >= 4 is 23.2 Å². The van der Waals surface area contributed by atoms with Crippen molar-refractivity contribution in [3.8, 4) is 28.1 Å². The van der Waals surface area contributed by atoms with Gasteiger partial charge in [0.15, 0.2) is 0 Å². The zero-order chi connectivity index (χ0) is 26.8. The van der Waals surface area contributed by atoms with Gasteiger partial charge in [0.05, 0.1) is 30.9 Å². The summed E-state index contributed by atoms with van der Waals surface area (Å²) < 4.78 is 21.2. The molecule has 0 saturated carbocycles. The first-order valence-corrected chi connectivity index (χ1v) is 12.7. The van der Waals surface area contributed by atoms with Gasteiger partial charge in [-0.05, 0) is 66.9 Å². The van der Waals surface area contributed by atoms with Crippen LogP contribution in [-0.2, 0) is 4.79 Å². The second-order valence-electron chi connectivity index (χ2n) is 9.36. The highest BCUT2D eigenvalue weighted by atomic mass is 35.5. The molecule has 2 unspecified atom stereocenters. The van der Waals surface area contributed by atoms with Crippen molar-refractivity contribution in [2.75, 3.05) is 12.4 Å². The maximum absolute atomic E-state index is 14.2. The lowest BCUT2D eigenvalue weighted by Gasteiger charge is -2.23. The number of nitrogens with one attached hydrogen (secondary N) is 1. The van der Waals surface area contributed by atoms with Crippen LogP contribution >= 0.6 is 11.6 Å². The number of halogens is 2. The normalized spacial score (nSPS) is 17.5. The van der Waals surface area contributed by atoms with Crippen molar-refractivity contribution in [3.05, 3.63) is 94.0 Å². The summed E-state index contributed by atoms with van der Waals surface area (Å²) in [6, 6.07) is 14.0. The quantitative estimate of drug-likeness (QED) is 0.343. The maximum Gasteiger partial charge on any atom is 0.254 e. The molecule has 0 spiro atoms. The molecule has 2 bridgehead atoms. The summed E-state index contributed by atoms with van der Waals surface area (Å²) in [5.41, 5.74) is 3.19. The number of ether oxygens (including phenoxy) is 1. The second-order valence-corrected chi connectivity index (χ2v) is 9.80. The monoisotopic (exact) mass is 532 g/mol. The Balaban J connectivity index is 1.61. The van der Waals surface area contributed by atoms with Crippen LogP contribution in [0.2, 0.25) is 5.02 Å². The molecule has 194 valence electrons. The van der Waals surface area contributed by atoms with Crippen LogP contribution < -0.4 is 15.6 Å². The lowest BCUT2D eigenvalue weighted by Crippen LogP contribution is -2.27. The summed E-state index contributed by atoms with van der Waals surface area (Å²) in [5.74, 6) is -0.271. The highest BCUT2D eigenvalue weighted by Gasteiger charge is 2.23. The van der Waals surface area contributed by atoms with Crippen molar-refractivity contribution in [2.45, 2.75) is 32.2 Å². The molecule has 0 radical (unpaired) electrons. The average molecular weight is 533 g/mol. The Hall–Kier alpha value is -4.04. The van der Waals surface area contributed by atoms with Crippen molar-refractivity contribution in [1.29, 1.82) is 0 Å².